The van der Waals surface area contributed by atoms with Crippen molar-refractivity contribution in [2.24, 2.45) is 0 Å². The van der Waals surface area contributed by atoms with Crippen molar-refractivity contribution in [3.05, 3.63) is 202 Å². The predicted octanol–water partition coefficient (Wildman–Crippen LogP) is 13.4. The van der Waals surface area contributed by atoms with Crippen molar-refractivity contribution < 1.29 is 84.3 Å². The molecule has 0 amide bonds. The van der Waals surface area contributed by atoms with Crippen molar-refractivity contribution in [2.45, 2.75) is 35.1 Å². The van der Waals surface area contributed by atoms with Crippen LogP contribution in [0.3, 0.4) is 0 Å². The van der Waals surface area contributed by atoms with Crippen LogP contribution in [0.25, 0.3) is 44.8 Å². The van der Waals surface area contributed by atoms with Gasteiger partial charge in [-0.3, -0.25) is 9.97 Å². The molecule has 0 saturated heterocycles. The molecule has 0 unspecified atom stereocenters. The molecule has 2 heterocycles. The fraction of sp³-hybridized carbons (Fsp3) is 0.106. The minimum atomic E-state index is 0. The first-order chi connectivity index (χ1) is 24.4. The Labute approximate surface area is 394 Å². The molecule has 0 aliphatic heterocycles. The molecule has 0 saturated carbocycles. The Morgan fingerprint density at radius 1 is 0.418 bits per heavy atom. The average molecular weight is 1430 g/mol. The third kappa shape index (κ3) is 18.0. The summed E-state index contributed by atoms with van der Waals surface area (Å²) in [5, 5.41) is 6.33. The molecule has 8 aromatic rings. The van der Waals surface area contributed by atoms with E-state index in [4.69, 9.17) is 0 Å². The van der Waals surface area contributed by atoms with Crippen LogP contribution in [0.1, 0.15) is 28.6 Å². The quantitative estimate of drug-likeness (QED) is 0.164. The second-order valence-corrected chi connectivity index (χ2v) is 13.5. The minimum Gasteiger partial charge on any atom is -0.290 e. The molecule has 8 heteroatoms. The fourth-order valence-electron chi connectivity index (χ4n) is 4.71. The minimum absolute atomic E-state index is 0. The summed E-state index contributed by atoms with van der Waals surface area (Å²) in [5.41, 5.74) is 11.7. The van der Waals surface area contributed by atoms with E-state index in [1.165, 1.54) is 27.8 Å². The largest absolute Gasteiger partial charge is 0.290 e. The third-order valence-electron chi connectivity index (χ3n) is 7.39. The van der Waals surface area contributed by atoms with E-state index >= 15 is 0 Å². The summed E-state index contributed by atoms with van der Waals surface area (Å²) in [7, 11) is 0. The summed E-state index contributed by atoms with van der Waals surface area (Å²) in [6.07, 6.45) is 0. The predicted molar refractivity (Wildman–Crippen MR) is 220 cm³/mol. The maximum absolute atomic E-state index is 4.38. The molecular weight excluding hydrogens is 1390 g/mol. The van der Waals surface area contributed by atoms with E-state index in [1.54, 1.807) is 22.7 Å². The molecule has 0 bridgehead atoms. The summed E-state index contributed by atoms with van der Waals surface area (Å²) in [6.45, 7) is 8.22. The van der Waals surface area contributed by atoms with Gasteiger partial charge in [0.05, 0.1) is 10.0 Å². The van der Waals surface area contributed by atoms with E-state index in [0.29, 0.717) is 0 Å². The summed E-state index contributed by atoms with van der Waals surface area (Å²) >= 11 is 3.34. The van der Waals surface area contributed by atoms with Gasteiger partial charge in [-0.1, -0.05) is 78.2 Å². The van der Waals surface area contributed by atoms with Crippen LogP contribution in [0, 0.1) is 52.0 Å². The molecule has 8 rings (SSSR count). The van der Waals surface area contributed by atoms with Gasteiger partial charge in [0.15, 0.2) is 0 Å². The van der Waals surface area contributed by atoms with E-state index in [9.17, 15) is 0 Å². The van der Waals surface area contributed by atoms with Gasteiger partial charge < -0.3 is 0 Å². The number of hydrogen-bond donors (Lipinski definition) is 0. The zero-order chi connectivity index (χ0) is 35.0. The molecule has 55 heavy (non-hydrogen) atoms. The summed E-state index contributed by atoms with van der Waals surface area (Å²) < 4.78 is 0. The van der Waals surface area contributed by atoms with Crippen molar-refractivity contribution in [1.29, 1.82) is 0 Å². The van der Waals surface area contributed by atoms with Crippen LogP contribution in [0.15, 0.2) is 156 Å². The van der Waals surface area contributed by atoms with Crippen molar-refractivity contribution in [3.63, 3.8) is 0 Å². The maximum atomic E-state index is 4.38. The fourth-order valence-corrected chi connectivity index (χ4v) is 5.95. The molecule has 0 radical (unpaired) electrons. The summed E-state index contributed by atoms with van der Waals surface area (Å²) in [6, 6.07) is 61.3. The molecule has 280 valence electrons. The van der Waals surface area contributed by atoms with Crippen molar-refractivity contribution in [2.75, 3.05) is 0 Å². The van der Waals surface area contributed by atoms with Crippen molar-refractivity contribution >= 4 is 22.7 Å². The van der Waals surface area contributed by atoms with E-state index in [2.05, 4.69) is 120 Å². The van der Waals surface area contributed by atoms with Gasteiger partial charge in [0.2, 0.25) is 0 Å². The van der Waals surface area contributed by atoms with E-state index in [0.717, 1.165) is 38.1 Å². The second-order valence-electron chi connectivity index (χ2n) is 11.4. The first kappa shape index (κ1) is 52.3. The van der Waals surface area contributed by atoms with Gasteiger partial charge in [0, 0.05) is 95.3 Å². The number of benzene rings is 6. The van der Waals surface area contributed by atoms with Crippen LogP contribution in [-0.4, -0.2) is 9.97 Å². The second kappa shape index (κ2) is 28.7. The number of aromatic nitrogens is 2. The average Bonchev–Trinajstić information content (AvgIpc) is 3.82. The SMILES string of the molecule is C.Cc1ccc(-c2[c-]cccc2)cc1.Cc1ccc(-c2c[c-]ccc2)cc1.Cc1nc(-c2[c-]cccc2)cs1.Cc1nc(-c2c[c-]ccc2)cs1.[W].[W].[W].[W]. The van der Waals surface area contributed by atoms with Crippen LogP contribution in [0.5, 0.6) is 0 Å². The molecule has 0 spiro atoms. The van der Waals surface area contributed by atoms with Crippen LogP contribution >= 0.6 is 22.7 Å². The standard InChI is InChI=1S/2C13H11.2C10H8NS.CH4.4W/c2*1-11-7-9-13(10-8-11)12-5-3-2-4-6-12;2*1-8-11-10(7-12-8)9-5-3-2-4-6-9;;;;;/h2-3,5-10H,1H3;2-5,7-10H,1H3;2-3,5-7H,1H3;2-5,7H,1H3;1H4;;;;/q4*-1;;;;;. The Balaban J connectivity index is 0.000000687. The van der Waals surface area contributed by atoms with Gasteiger partial charge >= 0.3 is 0 Å². The van der Waals surface area contributed by atoms with E-state index in [1.807, 2.05) is 98.8 Å². The topological polar surface area (TPSA) is 25.8 Å². The van der Waals surface area contributed by atoms with Gasteiger partial charge in [-0.25, -0.2) is 0 Å². The molecule has 0 fully saturated rings. The van der Waals surface area contributed by atoms with Gasteiger partial charge in [0.25, 0.3) is 0 Å². The molecular formula is C47H42N2S2W4-4. The zero-order valence-electron chi connectivity index (χ0n) is 30.4. The maximum Gasteiger partial charge on any atom is 0.0888 e. The van der Waals surface area contributed by atoms with Gasteiger partial charge in [-0.05, 0) is 38.8 Å². The van der Waals surface area contributed by atoms with Gasteiger partial charge in [-0.15, -0.1) is 106 Å². The van der Waals surface area contributed by atoms with Crippen LogP contribution in [0.2, 0.25) is 0 Å². The first-order valence-electron chi connectivity index (χ1n) is 16.3. The normalized spacial score (nSPS) is 9.09. The van der Waals surface area contributed by atoms with Gasteiger partial charge in [0.1, 0.15) is 0 Å². The van der Waals surface area contributed by atoms with Crippen LogP contribution in [0.4, 0.5) is 0 Å². The van der Waals surface area contributed by atoms with Crippen molar-refractivity contribution in [3.8, 4) is 44.8 Å². The zero-order valence-corrected chi connectivity index (χ0v) is 43.7. The molecule has 2 aromatic heterocycles. The Bertz CT molecular complexity index is 1970. The third-order valence-corrected chi connectivity index (χ3v) is 8.94. The summed E-state index contributed by atoms with van der Waals surface area (Å²) in [4.78, 5) is 8.75. The number of nitrogens with zero attached hydrogens (tertiary/aromatic N) is 2. The first-order valence-corrected chi connectivity index (χ1v) is 18.1. The van der Waals surface area contributed by atoms with Crippen LogP contribution in [-0.2, 0) is 84.3 Å². The Kier molecular flexibility index (Phi) is 27.3. The van der Waals surface area contributed by atoms with Gasteiger partial charge in [-0.2, -0.15) is 60.7 Å². The molecule has 0 aliphatic rings. The Morgan fingerprint density at radius 3 is 1.29 bits per heavy atom. The molecule has 0 N–H and O–H groups in total. The van der Waals surface area contributed by atoms with E-state index < -0.39 is 0 Å². The summed E-state index contributed by atoms with van der Waals surface area (Å²) in [5.74, 6) is 0. The monoisotopic (exact) mass is 1430 g/mol. The van der Waals surface area contributed by atoms with E-state index in [-0.39, 0.29) is 91.7 Å². The number of aryl methyl sites for hydroxylation is 4. The van der Waals surface area contributed by atoms with Crippen LogP contribution < -0.4 is 0 Å². The Hall–Kier alpha value is -2.67. The molecule has 0 aliphatic carbocycles. The number of hydrogen-bond acceptors (Lipinski definition) is 4. The molecule has 6 aromatic carbocycles. The molecule has 0 atom stereocenters. The number of rotatable bonds is 4. The molecule has 2 nitrogen and oxygen atoms in total. The number of thiazole rings is 2. The smallest absolute Gasteiger partial charge is 0.0888 e. The Morgan fingerprint density at radius 2 is 0.873 bits per heavy atom. The van der Waals surface area contributed by atoms with Crippen molar-refractivity contribution in [1.82, 2.24) is 9.97 Å².